The van der Waals surface area contributed by atoms with E-state index < -0.39 is 5.60 Å². The molecule has 0 spiro atoms. The molecule has 1 aromatic rings. The summed E-state index contributed by atoms with van der Waals surface area (Å²) >= 11 is 5.85. The molecule has 0 amide bonds. The van der Waals surface area contributed by atoms with Crippen molar-refractivity contribution in [1.29, 1.82) is 0 Å². The van der Waals surface area contributed by atoms with Gasteiger partial charge in [0.15, 0.2) is 0 Å². The predicted molar refractivity (Wildman–Crippen MR) is 64.0 cm³/mol. The summed E-state index contributed by atoms with van der Waals surface area (Å²) in [6, 6.07) is 7.22. The van der Waals surface area contributed by atoms with Crippen molar-refractivity contribution in [2.45, 2.75) is 18.4 Å². The zero-order chi connectivity index (χ0) is 11.4. The van der Waals surface area contributed by atoms with Crippen LogP contribution in [-0.4, -0.2) is 30.4 Å². The van der Waals surface area contributed by atoms with Crippen LogP contribution in [0.3, 0.4) is 0 Å². The fraction of sp³-hybridized carbons (Fsp3) is 0.500. The van der Waals surface area contributed by atoms with E-state index in [9.17, 15) is 5.11 Å². The van der Waals surface area contributed by atoms with Crippen molar-refractivity contribution in [1.82, 2.24) is 5.32 Å². The first-order valence-corrected chi connectivity index (χ1v) is 5.87. The van der Waals surface area contributed by atoms with E-state index in [0.717, 1.165) is 19.4 Å². The van der Waals surface area contributed by atoms with E-state index >= 15 is 0 Å². The van der Waals surface area contributed by atoms with Crippen molar-refractivity contribution in [3.8, 4) is 5.75 Å². The Kier molecular flexibility index (Phi) is 3.69. The summed E-state index contributed by atoms with van der Waals surface area (Å²) in [5, 5.41) is 14.0. The highest BCUT2D eigenvalue weighted by Gasteiger charge is 2.29. The molecule has 3 nitrogen and oxygen atoms in total. The summed E-state index contributed by atoms with van der Waals surface area (Å²) in [6.45, 7) is 1.87. The van der Waals surface area contributed by atoms with Gasteiger partial charge in [0.25, 0.3) is 0 Å². The molecule has 2 N–H and O–H groups in total. The number of rotatable bonds is 3. The van der Waals surface area contributed by atoms with Crippen LogP contribution in [0.1, 0.15) is 12.8 Å². The van der Waals surface area contributed by atoms with Crippen LogP contribution in [0, 0.1) is 0 Å². The summed E-state index contributed by atoms with van der Waals surface area (Å²) in [5.74, 6) is 0.700. The molecule has 0 saturated carbocycles. The molecule has 1 aromatic carbocycles. The van der Waals surface area contributed by atoms with E-state index in [-0.39, 0.29) is 0 Å². The van der Waals surface area contributed by atoms with E-state index in [1.165, 1.54) is 0 Å². The van der Waals surface area contributed by atoms with Crippen molar-refractivity contribution in [2.24, 2.45) is 0 Å². The highest BCUT2D eigenvalue weighted by atomic mass is 35.5. The second-order valence-electron chi connectivity index (χ2n) is 4.25. The Balaban J connectivity index is 1.91. The average molecular weight is 242 g/mol. The van der Waals surface area contributed by atoms with Crippen molar-refractivity contribution in [2.75, 3.05) is 19.7 Å². The molecule has 1 atom stereocenters. The maximum atomic E-state index is 10.2. The van der Waals surface area contributed by atoms with Crippen LogP contribution >= 0.6 is 11.6 Å². The SMILES string of the molecule is O[C@]1(COc2cccc(Cl)c2)CCCNC1. The van der Waals surface area contributed by atoms with Gasteiger partial charge >= 0.3 is 0 Å². The minimum Gasteiger partial charge on any atom is -0.490 e. The molecule has 0 radical (unpaired) electrons. The zero-order valence-electron chi connectivity index (χ0n) is 9.08. The molecule has 1 aliphatic rings. The molecule has 88 valence electrons. The van der Waals surface area contributed by atoms with Gasteiger partial charge in [-0.1, -0.05) is 17.7 Å². The number of benzene rings is 1. The van der Waals surface area contributed by atoms with Gasteiger partial charge in [-0.05, 0) is 37.6 Å². The molecule has 0 aliphatic carbocycles. The lowest BCUT2D eigenvalue weighted by atomic mass is 9.95. The summed E-state index contributed by atoms with van der Waals surface area (Å²) in [6.07, 6.45) is 1.76. The topological polar surface area (TPSA) is 41.5 Å². The normalized spacial score (nSPS) is 25.4. The van der Waals surface area contributed by atoms with Gasteiger partial charge in [-0.25, -0.2) is 0 Å². The third-order valence-corrected chi connectivity index (χ3v) is 2.99. The first-order chi connectivity index (χ1) is 7.68. The highest BCUT2D eigenvalue weighted by Crippen LogP contribution is 2.21. The largest absolute Gasteiger partial charge is 0.490 e. The molecule has 0 unspecified atom stereocenters. The lowest BCUT2D eigenvalue weighted by molar-refractivity contribution is -0.0230. The van der Waals surface area contributed by atoms with Gasteiger partial charge in [-0.2, -0.15) is 0 Å². The summed E-state index contributed by atoms with van der Waals surface area (Å²) in [7, 11) is 0. The number of ether oxygens (including phenoxy) is 1. The quantitative estimate of drug-likeness (QED) is 0.849. The number of piperidine rings is 1. The number of nitrogens with one attached hydrogen (secondary N) is 1. The van der Waals surface area contributed by atoms with Crippen LogP contribution in [0.5, 0.6) is 5.75 Å². The van der Waals surface area contributed by atoms with E-state index in [4.69, 9.17) is 16.3 Å². The molecule has 1 fully saturated rings. The molecule has 0 bridgehead atoms. The maximum absolute atomic E-state index is 10.2. The molecule has 16 heavy (non-hydrogen) atoms. The monoisotopic (exact) mass is 241 g/mol. The minimum atomic E-state index is -0.749. The third kappa shape index (κ3) is 3.11. The van der Waals surface area contributed by atoms with Crippen LogP contribution in [0.4, 0.5) is 0 Å². The van der Waals surface area contributed by atoms with Gasteiger partial charge in [0, 0.05) is 11.6 Å². The fourth-order valence-electron chi connectivity index (χ4n) is 1.85. The zero-order valence-corrected chi connectivity index (χ0v) is 9.83. The van der Waals surface area contributed by atoms with E-state index in [0.29, 0.717) is 23.9 Å². The van der Waals surface area contributed by atoms with Crippen molar-refractivity contribution in [3.63, 3.8) is 0 Å². The van der Waals surface area contributed by atoms with Gasteiger partial charge in [-0.15, -0.1) is 0 Å². The summed E-state index contributed by atoms with van der Waals surface area (Å²) in [4.78, 5) is 0. The predicted octanol–water partition coefficient (Wildman–Crippen LogP) is 1.83. The Hall–Kier alpha value is -0.770. The first-order valence-electron chi connectivity index (χ1n) is 5.49. The Morgan fingerprint density at radius 3 is 3.06 bits per heavy atom. The third-order valence-electron chi connectivity index (χ3n) is 2.75. The smallest absolute Gasteiger partial charge is 0.120 e. The van der Waals surface area contributed by atoms with Crippen LogP contribution in [-0.2, 0) is 0 Å². The van der Waals surface area contributed by atoms with Crippen LogP contribution in [0.2, 0.25) is 5.02 Å². The lowest BCUT2D eigenvalue weighted by Gasteiger charge is -2.32. The van der Waals surface area contributed by atoms with E-state index in [1.54, 1.807) is 12.1 Å². The highest BCUT2D eigenvalue weighted by molar-refractivity contribution is 6.30. The van der Waals surface area contributed by atoms with Gasteiger partial charge < -0.3 is 15.2 Å². The number of hydrogen-bond donors (Lipinski definition) is 2. The molecule has 1 aliphatic heterocycles. The van der Waals surface area contributed by atoms with Crippen molar-refractivity contribution in [3.05, 3.63) is 29.3 Å². The lowest BCUT2D eigenvalue weighted by Crippen LogP contribution is -2.49. The van der Waals surface area contributed by atoms with Gasteiger partial charge in [0.1, 0.15) is 18.0 Å². The summed E-state index contributed by atoms with van der Waals surface area (Å²) < 4.78 is 5.55. The molecule has 1 heterocycles. The number of aliphatic hydroxyl groups is 1. The molecular weight excluding hydrogens is 226 g/mol. The molecule has 0 aromatic heterocycles. The molecule has 4 heteroatoms. The second-order valence-corrected chi connectivity index (χ2v) is 4.69. The molecule has 2 rings (SSSR count). The Morgan fingerprint density at radius 1 is 1.50 bits per heavy atom. The van der Waals surface area contributed by atoms with Crippen LogP contribution in [0.25, 0.3) is 0 Å². The Labute approximate surface area is 100 Å². The number of halogens is 1. The number of hydrogen-bond acceptors (Lipinski definition) is 3. The molecular formula is C12H16ClNO2. The molecule has 1 saturated heterocycles. The van der Waals surface area contributed by atoms with E-state index in [2.05, 4.69) is 5.32 Å². The minimum absolute atomic E-state index is 0.306. The number of β-amino-alcohol motifs (C(OH)–C–C–N with tert-alkyl or cyclic N) is 1. The van der Waals surface area contributed by atoms with Gasteiger partial charge in [-0.3, -0.25) is 0 Å². The fourth-order valence-corrected chi connectivity index (χ4v) is 2.03. The van der Waals surface area contributed by atoms with E-state index in [1.807, 2.05) is 12.1 Å². The Morgan fingerprint density at radius 2 is 2.38 bits per heavy atom. The van der Waals surface area contributed by atoms with Crippen LogP contribution in [0.15, 0.2) is 24.3 Å². The van der Waals surface area contributed by atoms with Gasteiger partial charge in [0.2, 0.25) is 0 Å². The van der Waals surface area contributed by atoms with Crippen LogP contribution < -0.4 is 10.1 Å². The maximum Gasteiger partial charge on any atom is 0.120 e. The van der Waals surface area contributed by atoms with Crippen molar-refractivity contribution < 1.29 is 9.84 Å². The average Bonchev–Trinajstić information content (AvgIpc) is 2.28. The Bertz CT molecular complexity index is 351. The van der Waals surface area contributed by atoms with Gasteiger partial charge in [0.05, 0.1) is 0 Å². The summed E-state index contributed by atoms with van der Waals surface area (Å²) in [5.41, 5.74) is -0.749. The van der Waals surface area contributed by atoms with Crippen molar-refractivity contribution >= 4 is 11.6 Å². The standard InChI is InChI=1S/C12H16ClNO2/c13-10-3-1-4-11(7-10)16-9-12(15)5-2-6-14-8-12/h1,3-4,7,14-15H,2,5-6,8-9H2/t12-/m1/s1. The first kappa shape index (κ1) is 11.7. The second kappa shape index (κ2) is 5.04.